The van der Waals surface area contributed by atoms with E-state index in [0.29, 0.717) is 0 Å². The molecule has 57 valence electrons. The van der Waals surface area contributed by atoms with Gasteiger partial charge in [0.1, 0.15) is 0 Å². The third kappa shape index (κ3) is 40.4. The van der Waals surface area contributed by atoms with Crippen molar-refractivity contribution in [3.05, 3.63) is 44.9 Å². The maximum Gasteiger partial charge on any atom is 0 e. The first-order valence-corrected chi connectivity index (χ1v) is 2.73. The Labute approximate surface area is 91.0 Å². The van der Waals surface area contributed by atoms with Crippen molar-refractivity contribution in [1.29, 1.82) is 0 Å². The number of hydrogen-bond acceptors (Lipinski definition) is 0. The SMILES string of the molecule is C=C[C-]=CC=C.CC.[CH3-].[Y]. The van der Waals surface area contributed by atoms with Gasteiger partial charge in [0.05, 0.1) is 0 Å². The van der Waals surface area contributed by atoms with E-state index in [1.54, 1.807) is 18.2 Å². The minimum Gasteiger partial charge on any atom is -0.358 e. The van der Waals surface area contributed by atoms with Crippen LogP contribution in [0.15, 0.2) is 31.4 Å². The Morgan fingerprint density at radius 2 is 1.60 bits per heavy atom. The Morgan fingerprint density at radius 1 is 1.20 bits per heavy atom. The van der Waals surface area contributed by atoms with Gasteiger partial charge in [0.2, 0.25) is 0 Å². The van der Waals surface area contributed by atoms with Gasteiger partial charge < -0.3 is 7.43 Å². The monoisotopic (exact) mass is 213 g/mol. The van der Waals surface area contributed by atoms with E-state index in [-0.39, 0.29) is 40.1 Å². The second-order valence-electron chi connectivity index (χ2n) is 0.773. The summed E-state index contributed by atoms with van der Waals surface area (Å²) >= 11 is 0. The van der Waals surface area contributed by atoms with E-state index >= 15 is 0 Å². The smallest absolute Gasteiger partial charge is 0 e. The molecule has 0 aromatic carbocycles. The molecule has 0 spiro atoms. The molecule has 1 radical (unpaired) electrons. The molecule has 0 nitrogen and oxygen atoms in total. The average molecular weight is 213 g/mol. The molecule has 0 aromatic rings. The van der Waals surface area contributed by atoms with Crippen molar-refractivity contribution in [3.8, 4) is 0 Å². The van der Waals surface area contributed by atoms with Crippen LogP contribution >= 0.6 is 0 Å². The van der Waals surface area contributed by atoms with Gasteiger partial charge in [-0.15, -0.1) is 0 Å². The van der Waals surface area contributed by atoms with Gasteiger partial charge in [-0.05, 0) is 0 Å². The third-order valence-electron chi connectivity index (χ3n) is 0.332. The van der Waals surface area contributed by atoms with Gasteiger partial charge in [-0.1, -0.05) is 13.8 Å². The van der Waals surface area contributed by atoms with E-state index in [1.807, 2.05) is 13.8 Å². The maximum absolute atomic E-state index is 3.43. The summed E-state index contributed by atoms with van der Waals surface area (Å²) in [5, 5.41) is 0. The molecule has 0 saturated heterocycles. The summed E-state index contributed by atoms with van der Waals surface area (Å²) in [4.78, 5) is 0. The third-order valence-corrected chi connectivity index (χ3v) is 0.332. The Bertz CT molecular complexity index is 62.8. The van der Waals surface area contributed by atoms with Crippen LogP contribution in [0.4, 0.5) is 0 Å². The second kappa shape index (κ2) is 34.6. The van der Waals surface area contributed by atoms with Crippen molar-refractivity contribution in [2.24, 2.45) is 0 Å². The number of hydrogen-bond donors (Lipinski definition) is 0. The molecule has 0 aliphatic carbocycles. The van der Waals surface area contributed by atoms with Crippen molar-refractivity contribution >= 4 is 0 Å². The normalized spacial score (nSPS) is 5.80. The fraction of sp³-hybridized carbons (Fsp3) is 0.222. The zero-order valence-corrected chi connectivity index (χ0v) is 10.1. The molecule has 0 unspecified atom stereocenters. The zero-order valence-electron chi connectivity index (χ0n) is 7.22. The molecular formula is C9H16Y-2. The van der Waals surface area contributed by atoms with Crippen LogP contribution in [0.2, 0.25) is 0 Å². The first-order chi connectivity index (χ1) is 3.91. The Kier molecular flexibility index (Phi) is 77.5. The zero-order chi connectivity index (χ0) is 6.83. The number of rotatable bonds is 2. The molecule has 0 aromatic heterocycles. The average Bonchev–Trinajstić information content (AvgIpc) is 1.88. The van der Waals surface area contributed by atoms with Gasteiger partial charge in [0.15, 0.2) is 0 Å². The Hall–Kier alpha value is 0.324. The maximum atomic E-state index is 3.43. The van der Waals surface area contributed by atoms with Crippen molar-refractivity contribution < 1.29 is 32.7 Å². The van der Waals surface area contributed by atoms with Gasteiger partial charge in [-0.3, -0.25) is 0 Å². The predicted octanol–water partition coefficient (Wildman–Crippen LogP) is 3.19. The first kappa shape index (κ1) is 22.4. The van der Waals surface area contributed by atoms with E-state index in [0.717, 1.165) is 0 Å². The molecule has 0 N–H and O–H groups in total. The molecule has 0 rings (SSSR count). The fourth-order valence-electron chi connectivity index (χ4n) is 0.136. The minimum absolute atomic E-state index is 0. The summed E-state index contributed by atoms with van der Waals surface area (Å²) in [5.74, 6) is 0. The molecule has 0 atom stereocenters. The molecule has 0 aliphatic heterocycles. The molecule has 0 bridgehead atoms. The predicted molar refractivity (Wildman–Crippen MR) is 46.0 cm³/mol. The molecule has 0 fully saturated rings. The summed E-state index contributed by atoms with van der Waals surface area (Å²) in [6.07, 6.45) is 7.66. The quantitative estimate of drug-likeness (QED) is 0.488. The van der Waals surface area contributed by atoms with Crippen LogP contribution in [0.25, 0.3) is 0 Å². The fourth-order valence-corrected chi connectivity index (χ4v) is 0.136. The summed E-state index contributed by atoms with van der Waals surface area (Å²) in [6.45, 7) is 10.8. The molecule has 0 aliphatic rings. The van der Waals surface area contributed by atoms with Crippen molar-refractivity contribution in [2.75, 3.05) is 0 Å². The van der Waals surface area contributed by atoms with Crippen molar-refractivity contribution in [1.82, 2.24) is 0 Å². The Morgan fingerprint density at radius 3 is 1.70 bits per heavy atom. The van der Waals surface area contributed by atoms with Gasteiger partial charge in [0, 0.05) is 32.7 Å². The van der Waals surface area contributed by atoms with Crippen molar-refractivity contribution in [2.45, 2.75) is 13.8 Å². The summed E-state index contributed by atoms with van der Waals surface area (Å²) < 4.78 is 0. The van der Waals surface area contributed by atoms with E-state index in [4.69, 9.17) is 0 Å². The number of allylic oxidation sites excluding steroid dienone is 4. The molecular weight excluding hydrogens is 197 g/mol. The van der Waals surface area contributed by atoms with Crippen LogP contribution < -0.4 is 0 Å². The molecule has 0 amide bonds. The van der Waals surface area contributed by atoms with Gasteiger partial charge >= 0.3 is 0 Å². The van der Waals surface area contributed by atoms with Gasteiger partial charge in [-0.25, -0.2) is 0 Å². The van der Waals surface area contributed by atoms with Crippen LogP contribution in [-0.4, -0.2) is 0 Å². The standard InChI is InChI=1S/C6H7.C2H6.CH3.Y/c1-3-5-6-4-2;1-2;;/h3-5H,1-2H2;1-2H3;1H3;/q-1;;-1;. The first-order valence-electron chi connectivity index (χ1n) is 2.73. The summed E-state index contributed by atoms with van der Waals surface area (Å²) in [7, 11) is 0. The van der Waals surface area contributed by atoms with E-state index < -0.39 is 0 Å². The van der Waals surface area contributed by atoms with E-state index in [9.17, 15) is 0 Å². The minimum atomic E-state index is 0. The second-order valence-corrected chi connectivity index (χ2v) is 0.773. The van der Waals surface area contributed by atoms with Gasteiger partial charge in [0.25, 0.3) is 0 Å². The molecule has 0 saturated carbocycles. The van der Waals surface area contributed by atoms with Crippen LogP contribution in [0, 0.1) is 13.5 Å². The topological polar surface area (TPSA) is 0 Å². The van der Waals surface area contributed by atoms with Crippen molar-refractivity contribution in [3.63, 3.8) is 0 Å². The van der Waals surface area contributed by atoms with Gasteiger partial charge in [-0.2, -0.15) is 37.5 Å². The summed E-state index contributed by atoms with van der Waals surface area (Å²) in [6, 6.07) is 0. The van der Waals surface area contributed by atoms with E-state index in [2.05, 4.69) is 19.2 Å². The molecule has 10 heavy (non-hydrogen) atoms. The van der Waals surface area contributed by atoms with Crippen LogP contribution in [0.1, 0.15) is 13.8 Å². The van der Waals surface area contributed by atoms with Crippen LogP contribution in [0.3, 0.4) is 0 Å². The largest absolute Gasteiger partial charge is 0.358 e. The van der Waals surface area contributed by atoms with Crippen LogP contribution in [-0.2, 0) is 32.7 Å². The molecule has 0 heterocycles. The van der Waals surface area contributed by atoms with Crippen LogP contribution in [0.5, 0.6) is 0 Å². The Balaban J connectivity index is -0.0000000412. The molecule has 1 heteroatoms. The summed E-state index contributed by atoms with van der Waals surface area (Å²) in [5.41, 5.74) is 0. The van der Waals surface area contributed by atoms with E-state index in [1.165, 1.54) is 0 Å².